The monoisotopic (exact) mass is 610 g/mol. The second-order valence-electron chi connectivity index (χ2n) is 5.07. The Bertz CT molecular complexity index is 420. The first-order valence-electron chi connectivity index (χ1n) is 9.38. The molecule has 0 saturated heterocycles. The standard InChI is InChI=1S/C4H9.8C2H4O2.3Al/c1-3-4-2;8*1-2(3)4;;;/h1,3-4H2,2H3;8*1H3,(H,3,4);;;/q;;;;;;;;;+2;2*+3/p-8. The molecule has 0 bridgehead atoms. The smallest absolute Gasteiger partial charge is 3.00 e. The summed E-state index contributed by atoms with van der Waals surface area (Å²) in [5.74, 6) is -8.67. The fraction of sp³-hybridized carbons (Fsp3) is 0.600. The third-order valence-corrected chi connectivity index (χ3v) is 0.966. The Balaban J connectivity index is -0.0000000250. The first kappa shape index (κ1) is 70.7. The molecule has 0 aromatic heterocycles. The van der Waals surface area contributed by atoms with Crippen LogP contribution < -0.4 is 40.9 Å². The van der Waals surface area contributed by atoms with E-state index in [2.05, 4.69) is 23.2 Å². The third-order valence-electron chi connectivity index (χ3n) is 0.558. The van der Waals surface area contributed by atoms with Crippen LogP contribution in [-0.4, -0.2) is 98.8 Å². The van der Waals surface area contributed by atoms with Crippen molar-refractivity contribution in [3.8, 4) is 0 Å². The van der Waals surface area contributed by atoms with E-state index in [1.165, 1.54) is 18.1 Å². The Hall–Kier alpha value is -2.64. The Labute approximate surface area is 257 Å². The average Bonchev–Trinajstić information content (AvgIpc) is 2.50. The molecule has 0 aliphatic heterocycles. The van der Waals surface area contributed by atoms with Gasteiger partial charge in [-0.25, -0.2) is 0 Å². The quantitative estimate of drug-likeness (QED) is 0.262. The summed E-state index contributed by atoms with van der Waals surface area (Å²) >= 11 is 2.70. The molecule has 0 spiro atoms. The number of carbonyl (C=O) groups excluding carboxylic acids is 8. The second-order valence-corrected chi connectivity index (χ2v) is 5.65. The minimum Gasteiger partial charge on any atom is 3.00 e. The summed E-state index contributed by atoms with van der Waals surface area (Å²) in [6.45, 7) is 9.98. The predicted octanol–water partition coefficient (Wildman–Crippen LogP) is -9.34. The molecule has 0 aromatic rings. The van der Waals surface area contributed by atoms with Gasteiger partial charge in [0.15, 0.2) is 0 Å². The maximum absolute atomic E-state index is 8.89. The first-order valence-corrected chi connectivity index (χ1v) is 10.2. The Morgan fingerprint density at radius 1 is 0.410 bits per heavy atom. The largest absolute Gasteiger partial charge is 3.00 e. The van der Waals surface area contributed by atoms with Gasteiger partial charge in [0.25, 0.3) is 0 Å². The van der Waals surface area contributed by atoms with Crippen molar-refractivity contribution in [3.05, 3.63) is 0 Å². The van der Waals surface area contributed by atoms with Crippen LogP contribution in [0.5, 0.6) is 0 Å². The summed E-state index contributed by atoms with van der Waals surface area (Å²) in [5, 5.41) is 72.4. The Morgan fingerprint density at radius 3 is 0.487 bits per heavy atom. The van der Waals surface area contributed by atoms with Crippen molar-refractivity contribution in [3.63, 3.8) is 0 Å². The van der Waals surface area contributed by atoms with Crippen LogP contribution in [0.4, 0.5) is 0 Å². The molecular weight excluding hydrogens is 577 g/mol. The zero-order chi connectivity index (χ0) is 32.7. The number of hydrogen-bond donors (Lipinski definition) is 0. The van der Waals surface area contributed by atoms with Gasteiger partial charge < -0.3 is 79.2 Å². The number of carboxylic acid groups (broad SMARTS) is 8. The van der Waals surface area contributed by atoms with Crippen LogP contribution in [0.25, 0.3) is 0 Å². The molecule has 0 aliphatic rings. The Kier molecular flexibility index (Phi) is 128. The number of rotatable bonds is 2. The molecule has 0 unspecified atom stereocenters. The molecule has 16 nitrogen and oxygen atoms in total. The van der Waals surface area contributed by atoms with Crippen molar-refractivity contribution in [1.82, 2.24) is 0 Å². The average molecular weight is 610 g/mol. The zero-order valence-electron chi connectivity index (χ0n) is 23.4. The zero-order valence-corrected chi connectivity index (χ0v) is 26.8. The van der Waals surface area contributed by atoms with E-state index >= 15 is 0 Å². The van der Waals surface area contributed by atoms with E-state index in [1.807, 2.05) is 0 Å². The molecule has 218 valence electrons. The SMILES string of the molecule is CC(=O)[O-].CC(=O)[O-].CC(=O)[O-].CC(=O)[O-].CC(=O)[O-].CC(=O)[O-].CC(=O)[O-].CC(=O)[O-].CCC[CH2][Al+2].[Al+3].[Al+3]. The van der Waals surface area contributed by atoms with Gasteiger partial charge in [0.1, 0.15) is 0 Å². The van der Waals surface area contributed by atoms with E-state index in [4.69, 9.17) is 79.2 Å². The summed E-state index contributed by atoms with van der Waals surface area (Å²) in [4.78, 5) is 71.1. The maximum Gasteiger partial charge on any atom is 3.00 e. The topological polar surface area (TPSA) is 321 Å². The summed E-state index contributed by atoms with van der Waals surface area (Å²) in [6.07, 6.45) is 2.67. The molecule has 0 fully saturated rings. The fourth-order valence-corrected chi connectivity index (χ4v) is 0.612. The van der Waals surface area contributed by atoms with Gasteiger partial charge in [0.05, 0.1) is 0 Å². The second kappa shape index (κ2) is 70.3. The molecule has 0 radical (unpaired) electrons. The maximum atomic E-state index is 8.89. The summed E-state index contributed by atoms with van der Waals surface area (Å²) in [7, 11) is 0. The molecule has 0 atom stereocenters. The molecular formula is C20H33Al3O16. The molecule has 0 aromatic carbocycles. The number of aliphatic carboxylic acids is 8. The minimum absolute atomic E-state index is 0. The Morgan fingerprint density at radius 2 is 0.487 bits per heavy atom. The molecule has 19 heteroatoms. The van der Waals surface area contributed by atoms with Crippen molar-refractivity contribution >= 4 is 98.8 Å². The molecule has 0 aliphatic carbocycles. The van der Waals surface area contributed by atoms with Gasteiger partial charge in [-0.1, -0.05) is 0 Å². The van der Waals surface area contributed by atoms with Crippen LogP contribution in [0, 0.1) is 0 Å². The van der Waals surface area contributed by atoms with Crippen LogP contribution in [0.1, 0.15) is 75.2 Å². The van der Waals surface area contributed by atoms with Gasteiger partial charge in [-0.3, -0.25) is 0 Å². The predicted molar refractivity (Wildman–Crippen MR) is 122 cm³/mol. The third kappa shape index (κ3) is 95300. The number of unbranched alkanes of at least 4 members (excludes halogenated alkanes) is 1. The van der Waals surface area contributed by atoms with Crippen LogP contribution >= 0.6 is 0 Å². The van der Waals surface area contributed by atoms with Gasteiger partial charge >= 0.3 is 76.1 Å². The van der Waals surface area contributed by atoms with Crippen molar-refractivity contribution in [2.75, 3.05) is 0 Å². The van der Waals surface area contributed by atoms with E-state index in [0.717, 1.165) is 55.4 Å². The first-order chi connectivity index (χ1) is 16.3. The van der Waals surface area contributed by atoms with Gasteiger partial charge in [0.2, 0.25) is 0 Å². The summed E-state index contributed by atoms with van der Waals surface area (Å²) in [6, 6.07) is 0. The van der Waals surface area contributed by atoms with Crippen LogP contribution in [0.15, 0.2) is 0 Å². The van der Waals surface area contributed by atoms with Crippen LogP contribution in [0.2, 0.25) is 5.28 Å². The molecule has 0 amide bonds. The van der Waals surface area contributed by atoms with Gasteiger partial charge in [-0.2, -0.15) is 0 Å². The normalized spacial score (nSPS) is 6.23. The summed E-state index contributed by atoms with van der Waals surface area (Å²) < 4.78 is 0. The molecule has 0 N–H and O–H groups in total. The van der Waals surface area contributed by atoms with E-state index in [9.17, 15) is 0 Å². The van der Waals surface area contributed by atoms with Crippen LogP contribution in [-0.2, 0) is 38.4 Å². The van der Waals surface area contributed by atoms with Crippen molar-refractivity contribution in [2.45, 2.75) is 80.4 Å². The van der Waals surface area contributed by atoms with Gasteiger partial charge in [0, 0.05) is 47.8 Å². The number of carboxylic acids is 8. The van der Waals surface area contributed by atoms with Gasteiger partial charge in [-0.05, 0) is 55.4 Å². The van der Waals surface area contributed by atoms with Crippen molar-refractivity contribution in [1.29, 1.82) is 0 Å². The number of hydrogen-bond acceptors (Lipinski definition) is 16. The van der Waals surface area contributed by atoms with Crippen molar-refractivity contribution < 1.29 is 79.2 Å². The van der Waals surface area contributed by atoms with Gasteiger partial charge in [-0.15, -0.1) is 0 Å². The van der Waals surface area contributed by atoms with Crippen molar-refractivity contribution in [2.24, 2.45) is 0 Å². The molecule has 0 rings (SSSR count). The van der Waals surface area contributed by atoms with E-state index in [1.54, 1.807) is 0 Å². The minimum atomic E-state index is -1.08. The van der Waals surface area contributed by atoms with E-state index in [-0.39, 0.29) is 34.7 Å². The summed E-state index contributed by atoms with van der Waals surface area (Å²) in [5.41, 5.74) is 0. The molecule has 39 heavy (non-hydrogen) atoms. The van der Waals surface area contributed by atoms with E-state index < -0.39 is 47.8 Å². The number of carbonyl (C=O) groups is 8. The molecule has 0 saturated carbocycles. The molecule has 0 heterocycles. The fourth-order valence-electron chi connectivity index (χ4n) is 0.204. The van der Waals surface area contributed by atoms with E-state index in [0.29, 0.717) is 0 Å². The van der Waals surface area contributed by atoms with Crippen LogP contribution in [0.3, 0.4) is 0 Å².